The second-order valence-electron chi connectivity index (χ2n) is 6.15. The lowest BCUT2D eigenvalue weighted by Crippen LogP contribution is -2.05. The summed E-state index contributed by atoms with van der Waals surface area (Å²) in [6.07, 6.45) is 3.40. The number of fused-ring (bicyclic) bond motifs is 1. The quantitative estimate of drug-likeness (QED) is 0.806. The number of aromatic amines is 1. The summed E-state index contributed by atoms with van der Waals surface area (Å²) in [6.45, 7) is 1.54. The Morgan fingerprint density at radius 2 is 2.00 bits per heavy atom. The number of rotatable bonds is 3. The van der Waals surface area contributed by atoms with Gasteiger partial charge in [0.25, 0.3) is 0 Å². The second-order valence-corrected chi connectivity index (χ2v) is 6.15. The van der Waals surface area contributed by atoms with Crippen LogP contribution in [-0.2, 0) is 4.74 Å². The molecule has 1 unspecified atom stereocenters. The molecule has 3 heterocycles. The predicted molar refractivity (Wildman–Crippen MR) is 81.2 cm³/mol. The van der Waals surface area contributed by atoms with Gasteiger partial charge >= 0.3 is 0 Å². The Balaban J connectivity index is 1.62. The van der Waals surface area contributed by atoms with Crippen LogP contribution < -0.4 is 0 Å². The number of nitrogens with one attached hydrogen (secondary N) is 1. The molecule has 3 aromatic rings. The zero-order valence-electron chi connectivity index (χ0n) is 12.2. The standard InChI is InChI=1S/C16H17N5O/c1-2-4-13-12(3-1)17-16(18-13)21-15(10-5-6-10)19-14(20-21)11-7-8-22-9-11/h1-4,10-11H,5-9H2,(H,17,18). The molecule has 1 aliphatic carbocycles. The van der Waals surface area contributed by atoms with E-state index in [1.807, 2.05) is 28.9 Å². The Hall–Kier alpha value is -2.21. The van der Waals surface area contributed by atoms with E-state index in [9.17, 15) is 0 Å². The molecule has 2 fully saturated rings. The maximum Gasteiger partial charge on any atom is 0.230 e. The molecule has 1 aromatic carbocycles. The molecule has 1 saturated heterocycles. The van der Waals surface area contributed by atoms with Gasteiger partial charge in [-0.15, -0.1) is 5.10 Å². The van der Waals surface area contributed by atoms with Gasteiger partial charge in [0, 0.05) is 18.4 Å². The van der Waals surface area contributed by atoms with Gasteiger partial charge in [-0.05, 0) is 31.4 Å². The largest absolute Gasteiger partial charge is 0.381 e. The highest BCUT2D eigenvalue weighted by Gasteiger charge is 2.33. The molecule has 5 rings (SSSR count). The molecule has 6 heteroatoms. The highest BCUT2D eigenvalue weighted by Crippen LogP contribution is 2.40. The molecule has 6 nitrogen and oxygen atoms in total. The van der Waals surface area contributed by atoms with E-state index in [0.717, 1.165) is 48.3 Å². The molecule has 0 radical (unpaired) electrons. The molecule has 22 heavy (non-hydrogen) atoms. The minimum absolute atomic E-state index is 0.322. The van der Waals surface area contributed by atoms with E-state index in [1.54, 1.807) is 0 Å². The van der Waals surface area contributed by atoms with Crippen LogP contribution in [0.5, 0.6) is 0 Å². The molecule has 1 aliphatic heterocycles. The Bertz CT molecular complexity index is 793. The Morgan fingerprint density at radius 1 is 1.09 bits per heavy atom. The van der Waals surface area contributed by atoms with E-state index >= 15 is 0 Å². The number of hydrogen-bond donors (Lipinski definition) is 1. The van der Waals surface area contributed by atoms with Crippen molar-refractivity contribution >= 4 is 11.0 Å². The molecule has 1 N–H and O–H groups in total. The van der Waals surface area contributed by atoms with Gasteiger partial charge in [-0.25, -0.2) is 9.97 Å². The van der Waals surface area contributed by atoms with Crippen molar-refractivity contribution in [2.45, 2.75) is 31.1 Å². The van der Waals surface area contributed by atoms with Crippen LogP contribution in [0.1, 0.15) is 42.7 Å². The Morgan fingerprint density at radius 3 is 2.77 bits per heavy atom. The molecular weight excluding hydrogens is 278 g/mol. The van der Waals surface area contributed by atoms with Gasteiger partial charge in [0.05, 0.1) is 17.6 Å². The van der Waals surface area contributed by atoms with Crippen molar-refractivity contribution in [3.05, 3.63) is 35.9 Å². The first-order chi connectivity index (χ1) is 10.9. The van der Waals surface area contributed by atoms with Crippen LogP contribution >= 0.6 is 0 Å². The minimum Gasteiger partial charge on any atom is -0.381 e. The average molecular weight is 295 g/mol. The maximum atomic E-state index is 5.48. The lowest BCUT2D eigenvalue weighted by atomic mass is 10.1. The summed E-state index contributed by atoms with van der Waals surface area (Å²) < 4.78 is 7.39. The zero-order valence-corrected chi connectivity index (χ0v) is 12.2. The fourth-order valence-electron chi connectivity index (χ4n) is 3.05. The zero-order chi connectivity index (χ0) is 14.5. The third-order valence-electron chi connectivity index (χ3n) is 4.46. The summed E-state index contributed by atoms with van der Waals surface area (Å²) in [7, 11) is 0. The molecule has 1 atom stereocenters. The highest BCUT2D eigenvalue weighted by molar-refractivity contribution is 5.75. The topological polar surface area (TPSA) is 68.6 Å². The summed E-state index contributed by atoms with van der Waals surface area (Å²) in [5.74, 6) is 3.56. The molecule has 2 aliphatic rings. The van der Waals surface area contributed by atoms with Crippen LogP contribution in [0.2, 0.25) is 0 Å². The number of H-pyrrole nitrogens is 1. The normalized spacial score (nSPS) is 21.7. The van der Waals surface area contributed by atoms with Gasteiger partial charge in [0.15, 0.2) is 5.82 Å². The highest BCUT2D eigenvalue weighted by atomic mass is 16.5. The fraction of sp³-hybridized carbons (Fsp3) is 0.438. The smallest absolute Gasteiger partial charge is 0.230 e. The summed E-state index contributed by atoms with van der Waals surface area (Å²) >= 11 is 0. The molecule has 1 saturated carbocycles. The number of aromatic nitrogens is 5. The Labute approximate surface area is 127 Å². The summed E-state index contributed by atoms with van der Waals surface area (Å²) in [4.78, 5) is 12.8. The predicted octanol–water partition coefficient (Wildman–Crippen LogP) is 2.52. The van der Waals surface area contributed by atoms with Gasteiger partial charge in [-0.3, -0.25) is 0 Å². The van der Waals surface area contributed by atoms with Crippen LogP contribution in [0.4, 0.5) is 0 Å². The first-order valence-electron chi connectivity index (χ1n) is 7.88. The SMILES string of the molecule is c1ccc2[nH]c(-n3nc(C4CCOC4)nc3C3CC3)nc2c1. The number of nitrogens with zero attached hydrogens (tertiary/aromatic N) is 4. The van der Waals surface area contributed by atoms with Gasteiger partial charge in [0.2, 0.25) is 5.95 Å². The molecule has 112 valence electrons. The van der Waals surface area contributed by atoms with Crippen LogP contribution in [-0.4, -0.2) is 37.9 Å². The van der Waals surface area contributed by atoms with E-state index in [-0.39, 0.29) is 0 Å². The molecule has 2 aromatic heterocycles. The maximum absolute atomic E-state index is 5.48. The number of benzene rings is 1. The second kappa shape index (κ2) is 4.64. The van der Waals surface area contributed by atoms with E-state index < -0.39 is 0 Å². The summed E-state index contributed by atoms with van der Waals surface area (Å²) in [5, 5.41) is 4.75. The third-order valence-corrected chi connectivity index (χ3v) is 4.46. The van der Waals surface area contributed by atoms with E-state index in [2.05, 4.69) is 9.97 Å². The average Bonchev–Trinajstić information content (AvgIpc) is 2.99. The number of hydrogen-bond acceptors (Lipinski definition) is 4. The molecule has 0 amide bonds. The van der Waals surface area contributed by atoms with E-state index in [0.29, 0.717) is 11.8 Å². The molecule has 0 bridgehead atoms. The summed E-state index contributed by atoms with van der Waals surface area (Å²) in [5.41, 5.74) is 1.99. The van der Waals surface area contributed by atoms with Crippen molar-refractivity contribution in [2.24, 2.45) is 0 Å². The van der Waals surface area contributed by atoms with Crippen molar-refractivity contribution in [3.8, 4) is 5.95 Å². The van der Waals surface area contributed by atoms with E-state index in [1.165, 1.54) is 12.8 Å². The minimum atomic E-state index is 0.322. The van der Waals surface area contributed by atoms with Gasteiger partial charge < -0.3 is 9.72 Å². The van der Waals surface area contributed by atoms with Crippen molar-refractivity contribution < 1.29 is 4.74 Å². The summed E-state index contributed by atoms with van der Waals surface area (Å²) in [6, 6.07) is 8.05. The monoisotopic (exact) mass is 295 g/mol. The third kappa shape index (κ3) is 1.94. The van der Waals surface area contributed by atoms with Crippen molar-refractivity contribution in [3.63, 3.8) is 0 Å². The van der Waals surface area contributed by atoms with Crippen LogP contribution in [0.25, 0.3) is 17.0 Å². The van der Waals surface area contributed by atoms with Crippen molar-refractivity contribution in [1.29, 1.82) is 0 Å². The number of imidazole rings is 1. The fourth-order valence-corrected chi connectivity index (χ4v) is 3.05. The van der Waals surface area contributed by atoms with E-state index in [4.69, 9.17) is 14.8 Å². The van der Waals surface area contributed by atoms with Crippen molar-refractivity contribution in [1.82, 2.24) is 24.7 Å². The van der Waals surface area contributed by atoms with Crippen LogP contribution in [0.3, 0.4) is 0 Å². The van der Waals surface area contributed by atoms with Crippen LogP contribution in [0.15, 0.2) is 24.3 Å². The first kappa shape index (κ1) is 12.3. The Kier molecular flexibility index (Phi) is 2.61. The molecule has 0 spiro atoms. The number of para-hydroxylation sites is 2. The van der Waals surface area contributed by atoms with Gasteiger partial charge in [-0.1, -0.05) is 12.1 Å². The van der Waals surface area contributed by atoms with Crippen molar-refractivity contribution in [2.75, 3.05) is 13.2 Å². The van der Waals surface area contributed by atoms with Crippen LogP contribution in [0, 0.1) is 0 Å². The number of ether oxygens (including phenoxy) is 1. The van der Waals surface area contributed by atoms with Gasteiger partial charge in [-0.2, -0.15) is 4.68 Å². The lowest BCUT2D eigenvalue weighted by Gasteiger charge is -2.00. The lowest BCUT2D eigenvalue weighted by molar-refractivity contribution is 0.193. The first-order valence-corrected chi connectivity index (χ1v) is 7.88. The molecular formula is C16H17N5O. The van der Waals surface area contributed by atoms with Gasteiger partial charge in [0.1, 0.15) is 5.82 Å².